The van der Waals surface area contributed by atoms with Crippen molar-refractivity contribution < 1.29 is 13.9 Å². The number of piperidine rings is 1. The zero-order chi connectivity index (χ0) is 12.3. The highest BCUT2D eigenvalue weighted by molar-refractivity contribution is 5.71. The summed E-state index contributed by atoms with van der Waals surface area (Å²) >= 11 is 0. The van der Waals surface area contributed by atoms with E-state index >= 15 is 0 Å². The molecule has 1 amide bonds. The zero-order valence-corrected chi connectivity index (χ0v) is 9.49. The second-order valence-corrected chi connectivity index (χ2v) is 4.08. The smallest absolute Gasteiger partial charge is 0.407 e. The molecule has 4 nitrogen and oxygen atoms in total. The third-order valence-corrected chi connectivity index (χ3v) is 2.80. The number of carbonyl (C=O) groups excluding carboxylic acids is 1. The number of nitrogens with zero attached hydrogens (tertiary/aromatic N) is 1. The lowest BCUT2D eigenvalue weighted by atomic mass is 10.1. The third kappa shape index (κ3) is 2.67. The highest BCUT2D eigenvalue weighted by Crippen LogP contribution is 2.23. The van der Waals surface area contributed by atoms with E-state index in [4.69, 9.17) is 10.5 Å². The first-order valence-corrected chi connectivity index (χ1v) is 5.69. The van der Waals surface area contributed by atoms with Crippen LogP contribution in [0.4, 0.5) is 14.9 Å². The maximum absolute atomic E-state index is 13.5. The van der Waals surface area contributed by atoms with Crippen molar-refractivity contribution in [2.45, 2.75) is 19.3 Å². The number of hydrogen-bond acceptors (Lipinski definition) is 3. The molecule has 2 N–H and O–H groups in total. The van der Waals surface area contributed by atoms with Crippen LogP contribution in [-0.4, -0.2) is 24.1 Å². The van der Waals surface area contributed by atoms with Crippen molar-refractivity contribution in [3.8, 4) is 5.75 Å². The quantitative estimate of drug-likeness (QED) is 0.764. The van der Waals surface area contributed by atoms with Crippen molar-refractivity contribution in [2.75, 3.05) is 18.8 Å². The van der Waals surface area contributed by atoms with Gasteiger partial charge in [0.25, 0.3) is 0 Å². The van der Waals surface area contributed by atoms with Gasteiger partial charge in [-0.3, -0.25) is 0 Å². The van der Waals surface area contributed by atoms with Gasteiger partial charge in [-0.05, 0) is 31.4 Å². The van der Waals surface area contributed by atoms with Crippen molar-refractivity contribution in [2.24, 2.45) is 0 Å². The lowest BCUT2D eigenvalue weighted by Gasteiger charge is -2.25. The summed E-state index contributed by atoms with van der Waals surface area (Å²) in [7, 11) is 0. The lowest BCUT2D eigenvalue weighted by Crippen LogP contribution is -2.37. The third-order valence-electron chi connectivity index (χ3n) is 2.80. The molecule has 1 heterocycles. The van der Waals surface area contributed by atoms with Crippen LogP contribution in [0.1, 0.15) is 19.3 Å². The van der Waals surface area contributed by atoms with Gasteiger partial charge in [-0.2, -0.15) is 0 Å². The molecule has 2 rings (SSSR count). The second kappa shape index (κ2) is 5.03. The van der Waals surface area contributed by atoms with Gasteiger partial charge in [-0.15, -0.1) is 0 Å². The van der Waals surface area contributed by atoms with E-state index in [0.29, 0.717) is 13.1 Å². The molecule has 0 saturated carbocycles. The maximum Gasteiger partial charge on any atom is 0.415 e. The normalized spacial score (nSPS) is 15.7. The maximum atomic E-state index is 13.5. The van der Waals surface area contributed by atoms with Crippen LogP contribution in [0.15, 0.2) is 18.2 Å². The highest BCUT2D eigenvalue weighted by atomic mass is 19.1. The number of rotatable bonds is 1. The Bertz CT molecular complexity index is 417. The summed E-state index contributed by atoms with van der Waals surface area (Å²) in [6.07, 6.45) is 2.55. The van der Waals surface area contributed by atoms with Crippen LogP contribution in [0, 0.1) is 5.82 Å². The number of nitrogens with two attached hydrogens (primary N) is 1. The Morgan fingerprint density at radius 2 is 2.00 bits per heavy atom. The average molecular weight is 238 g/mol. The summed E-state index contributed by atoms with van der Waals surface area (Å²) in [6.45, 7) is 1.34. The molecule has 1 fully saturated rings. The molecule has 0 radical (unpaired) electrons. The Morgan fingerprint density at radius 1 is 1.29 bits per heavy atom. The minimum Gasteiger partial charge on any atom is -0.407 e. The lowest BCUT2D eigenvalue weighted by molar-refractivity contribution is 0.141. The Kier molecular flexibility index (Phi) is 3.46. The van der Waals surface area contributed by atoms with Crippen LogP contribution in [0.5, 0.6) is 5.75 Å². The number of halogens is 1. The molecule has 0 bridgehead atoms. The number of carbonyl (C=O) groups is 1. The van der Waals surface area contributed by atoms with Gasteiger partial charge >= 0.3 is 6.09 Å². The molecule has 0 atom stereocenters. The molecule has 0 unspecified atom stereocenters. The molecule has 0 aliphatic carbocycles. The van der Waals surface area contributed by atoms with Crippen LogP contribution < -0.4 is 10.5 Å². The number of benzene rings is 1. The molecule has 17 heavy (non-hydrogen) atoms. The summed E-state index contributed by atoms with van der Waals surface area (Å²) < 4.78 is 18.5. The first kappa shape index (κ1) is 11.7. The number of hydrogen-bond donors (Lipinski definition) is 1. The van der Waals surface area contributed by atoms with E-state index in [2.05, 4.69) is 0 Å². The van der Waals surface area contributed by atoms with Gasteiger partial charge < -0.3 is 15.4 Å². The van der Waals surface area contributed by atoms with Crippen molar-refractivity contribution in [3.63, 3.8) is 0 Å². The molecular weight excluding hydrogens is 223 g/mol. The number of anilines is 1. The number of amides is 1. The standard InChI is InChI=1S/C12H15FN2O2/c13-11-9(14)5-4-6-10(11)17-12(16)15-7-2-1-3-8-15/h4-6H,1-3,7-8,14H2. The van der Waals surface area contributed by atoms with E-state index in [1.54, 1.807) is 11.0 Å². The fourth-order valence-electron chi connectivity index (χ4n) is 1.84. The van der Waals surface area contributed by atoms with E-state index in [1.165, 1.54) is 12.1 Å². The monoisotopic (exact) mass is 238 g/mol. The molecule has 0 spiro atoms. The summed E-state index contributed by atoms with van der Waals surface area (Å²) in [5.41, 5.74) is 5.38. The highest BCUT2D eigenvalue weighted by Gasteiger charge is 2.20. The van der Waals surface area contributed by atoms with E-state index in [-0.39, 0.29) is 11.4 Å². The number of nitrogen functional groups attached to an aromatic ring is 1. The number of ether oxygens (including phenoxy) is 1. The van der Waals surface area contributed by atoms with Crippen LogP contribution in [0.3, 0.4) is 0 Å². The van der Waals surface area contributed by atoms with Gasteiger partial charge in [0.2, 0.25) is 0 Å². The van der Waals surface area contributed by atoms with Gasteiger partial charge in [0.1, 0.15) is 0 Å². The van der Waals surface area contributed by atoms with Crippen LogP contribution in [0.2, 0.25) is 0 Å². The van der Waals surface area contributed by atoms with E-state index < -0.39 is 11.9 Å². The van der Waals surface area contributed by atoms with Gasteiger partial charge in [0, 0.05) is 13.1 Å². The van der Waals surface area contributed by atoms with Gasteiger partial charge in [0.15, 0.2) is 11.6 Å². The molecular formula is C12H15FN2O2. The molecule has 1 aliphatic rings. The predicted octanol–water partition coefficient (Wildman–Crippen LogP) is 2.39. The van der Waals surface area contributed by atoms with Crippen LogP contribution in [0.25, 0.3) is 0 Å². The first-order chi connectivity index (χ1) is 8.18. The van der Waals surface area contributed by atoms with E-state index in [0.717, 1.165) is 19.3 Å². The van der Waals surface area contributed by atoms with Crippen molar-refractivity contribution in [3.05, 3.63) is 24.0 Å². The molecule has 1 aromatic rings. The fourth-order valence-corrected chi connectivity index (χ4v) is 1.84. The fraction of sp³-hybridized carbons (Fsp3) is 0.417. The molecule has 1 aromatic carbocycles. The van der Waals surface area contributed by atoms with E-state index in [1.807, 2.05) is 0 Å². The number of likely N-dealkylation sites (tertiary alicyclic amines) is 1. The minimum absolute atomic E-state index is 0.0195. The Hall–Kier alpha value is -1.78. The van der Waals surface area contributed by atoms with Crippen molar-refractivity contribution in [1.82, 2.24) is 4.90 Å². The summed E-state index contributed by atoms with van der Waals surface area (Å²) in [5.74, 6) is -0.793. The molecule has 1 saturated heterocycles. The molecule has 92 valence electrons. The Morgan fingerprint density at radius 3 is 2.71 bits per heavy atom. The van der Waals surface area contributed by atoms with Crippen molar-refractivity contribution >= 4 is 11.8 Å². The largest absolute Gasteiger partial charge is 0.415 e. The van der Waals surface area contributed by atoms with Crippen LogP contribution in [-0.2, 0) is 0 Å². The second-order valence-electron chi connectivity index (χ2n) is 4.08. The summed E-state index contributed by atoms with van der Waals surface area (Å²) in [6, 6.07) is 4.37. The topological polar surface area (TPSA) is 55.6 Å². The average Bonchev–Trinajstić information content (AvgIpc) is 2.36. The van der Waals surface area contributed by atoms with Crippen molar-refractivity contribution in [1.29, 1.82) is 0 Å². The zero-order valence-electron chi connectivity index (χ0n) is 9.49. The molecule has 0 aromatic heterocycles. The minimum atomic E-state index is -0.683. The molecule has 1 aliphatic heterocycles. The summed E-state index contributed by atoms with van der Waals surface area (Å²) in [4.78, 5) is 13.3. The Labute approximate surface area is 99.2 Å². The van der Waals surface area contributed by atoms with Crippen LogP contribution >= 0.6 is 0 Å². The van der Waals surface area contributed by atoms with Gasteiger partial charge in [0.05, 0.1) is 5.69 Å². The van der Waals surface area contributed by atoms with Gasteiger partial charge in [-0.1, -0.05) is 6.07 Å². The summed E-state index contributed by atoms with van der Waals surface area (Å²) in [5, 5.41) is 0. The SMILES string of the molecule is Nc1cccc(OC(=O)N2CCCCC2)c1F. The molecule has 5 heteroatoms. The van der Waals surface area contributed by atoms with E-state index in [9.17, 15) is 9.18 Å². The first-order valence-electron chi connectivity index (χ1n) is 5.69. The Balaban J connectivity index is 2.04. The predicted molar refractivity (Wildman–Crippen MR) is 62.3 cm³/mol. The van der Waals surface area contributed by atoms with Gasteiger partial charge in [-0.25, -0.2) is 9.18 Å².